The third-order valence-corrected chi connectivity index (χ3v) is 2.68. The molecule has 0 saturated carbocycles. The Kier molecular flexibility index (Phi) is 4.07. The third-order valence-electron chi connectivity index (χ3n) is 2.68. The minimum Gasteiger partial charge on any atom is -0.448 e. The van der Waals surface area contributed by atoms with Crippen molar-refractivity contribution in [3.63, 3.8) is 0 Å². The van der Waals surface area contributed by atoms with Crippen LogP contribution in [0.1, 0.15) is 10.4 Å². The molecular weight excluding hydrogens is 248 g/mol. The number of anilines is 2. The topological polar surface area (TPSA) is 105 Å². The Labute approximate surface area is 110 Å². The molecule has 5 N–H and O–H groups in total. The Morgan fingerprint density at radius 1 is 1.32 bits per heavy atom. The fraction of sp³-hybridized carbons (Fsp3) is 0.333. The number of hydrogen-bond acceptors (Lipinski definition) is 5. The lowest BCUT2D eigenvalue weighted by atomic mass is 10.1. The van der Waals surface area contributed by atoms with Gasteiger partial charge in [-0.1, -0.05) is 6.07 Å². The maximum absolute atomic E-state index is 12.0. The number of ether oxygens (including phenoxy) is 1. The van der Waals surface area contributed by atoms with Crippen LogP contribution in [0.2, 0.25) is 0 Å². The summed E-state index contributed by atoms with van der Waals surface area (Å²) in [5, 5.41) is 9.07. The lowest BCUT2D eigenvalue weighted by molar-refractivity contribution is 0.0937. The number of rotatable bonds is 4. The number of fused-ring (bicyclic) bond motifs is 1. The van der Waals surface area contributed by atoms with E-state index in [1.54, 1.807) is 6.07 Å². The molecule has 2 amide bonds. The van der Waals surface area contributed by atoms with E-state index in [1.807, 2.05) is 12.1 Å². The summed E-state index contributed by atoms with van der Waals surface area (Å²) in [7, 11) is 0. The molecular formula is C12H16N4O3. The average molecular weight is 264 g/mol. The van der Waals surface area contributed by atoms with Gasteiger partial charge in [0, 0.05) is 13.1 Å². The molecule has 1 heterocycles. The van der Waals surface area contributed by atoms with E-state index < -0.39 is 6.09 Å². The second-order valence-electron chi connectivity index (χ2n) is 4.01. The average Bonchev–Trinajstić information content (AvgIpc) is 2.42. The molecule has 0 bridgehead atoms. The van der Waals surface area contributed by atoms with Gasteiger partial charge in [-0.25, -0.2) is 4.79 Å². The van der Waals surface area contributed by atoms with Crippen molar-refractivity contribution in [1.82, 2.24) is 5.32 Å². The largest absolute Gasteiger partial charge is 0.448 e. The summed E-state index contributed by atoms with van der Waals surface area (Å²) in [6.07, 6.45) is -0.850. The van der Waals surface area contributed by atoms with Crippen molar-refractivity contribution in [2.45, 2.75) is 0 Å². The molecule has 0 aliphatic carbocycles. The zero-order valence-electron chi connectivity index (χ0n) is 10.4. The van der Waals surface area contributed by atoms with E-state index in [0.29, 0.717) is 5.56 Å². The monoisotopic (exact) mass is 264 g/mol. The molecule has 0 atom stereocenters. The Bertz CT molecular complexity index is 490. The fourth-order valence-corrected chi connectivity index (χ4v) is 1.88. The number of amides is 2. The van der Waals surface area contributed by atoms with Crippen LogP contribution in [0.5, 0.6) is 0 Å². The van der Waals surface area contributed by atoms with Gasteiger partial charge in [0.15, 0.2) is 0 Å². The number of para-hydroxylation sites is 1. The molecule has 7 heteroatoms. The van der Waals surface area contributed by atoms with Gasteiger partial charge in [0.2, 0.25) is 0 Å². The van der Waals surface area contributed by atoms with E-state index in [0.717, 1.165) is 24.5 Å². The molecule has 0 spiro atoms. The molecule has 102 valence electrons. The molecule has 0 radical (unpaired) electrons. The standard InChI is InChI=1S/C12H16N4O3/c13-12(18)19-7-6-16-11(17)8-2-1-3-9-10(8)15-5-4-14-9/h1-3,14-15H,4-7H2,(H2,13,18)(H,16,17). The molecule has 1 aromatic rings. The first kappa shape index (κ1) is 13.0. The molecule has 19 heavy (non-hydrogen) atoms. The highest BCUT2D eigenvalue weighted by Crippen LogP contribution is 2.27. The highest BCUT2D eigenvalue weighted by molar-refractivity contribution is 6.02. The quantitative estimate of drug-likeness (QED) is 0.587. The van der Waals surface area contributed by atoms with E-state index in [1.165, 1.54) is 0 Å². The third kappa shape index (κ3) is 3.27. The molecule has 1 aromatic carbocycles. The highest BCUT2D eigenvalue weighted by Gasteiger charge is 2.16. The lowest BCUT2D eigenvalue weighted by Crippen LogP contribution is -2.31. The van der Waals surface area contributed by atoms with Crippen LogP contribution in [0.3, 0.4) is 0 Å². The smallest absolute Gasteiger partial charge is 0.404 e. The lowest BCUT2D eigenvalue weighted by Gasteiger charge is -2.22. The number of nitrogens with two attached hydrogens (primary N) is 1. The van der Waals surface area contributed by atoms with Gasteiger partial charge in [-0.2, -0.15) is 0 Å². The first-order valence-corrected chi connectivity index (χ1v) is 5.99. The zero-order valence-corrected chi connectivity index (χ0v) is 10.4. The molecule has 7 nitrogen and oxygen atoms in total. The number of primary amides is 1. The number of nitrogens with one attached hydrogen (secondary N) is 3. The predicted molar refractivity (Wildman–Crippen MR) is 71.3 cm³/mol. The summed E-state index contributed by atoms with van der Waals surface area (Å²) in [4.78, 5) is 22.4. The van der Waals surface area contributed by atoms with Gasteiger partial charge in [-0.15, -0.1) is 0 Å². The second kappa shape index (κ2) is 5.94. The minimum absolute atomic E-state index is 0.0573. The Morgan fingerprint density at radius 3 is 2.89 bits per heavy atom. The van der Waals surface area contributed by atoms with Crippen LogP contribution in [-0.4, -0.2) is 38.2 Å². The Hall–Kier alpha value is -2.44. The first-order chi connectivity index (χ1) is 9.18. The van der Waals surface area contributed by atoms with Crippen molar-refractivity contribution in [2.75, 3.05) is 36.9 Å². The highest BCUT2D eigenvalue weighted by atomic mass is 16.5. The Balaban J connectivity index is 1.97. The summed E-state index contributed by atoms with van der Waals surface area (Å²) in [5.41, 5.74) is 7.08. The predicted octanol–water partition coefficient (Wildman–Crippen LogP) is 0.349. The number of carbonyl (C=O) groups excluding carboxylic acids is 2. The van der Waals surface area contributed by atoms with Crippen molar-refractivity contribution in [3.8, 4) is 0 Å². The van der Waals surface area contributed by atoms with Crippen LogP contribution < -0.4 is 21.7 Å². The second-order valence-corrected chi connectivity index (χ2v) is 4.01. The maximum atomic E-state index is 12.0. The summed E-state index contributed by atoms with van der Waals surface area (Å²) in [6, 6.07) is 5.46. The molecule has 0 fully saturated rings. The van der Waals surface area contributed by atoms with Crippen molar-refractivity contribution >= 4 is 23.4 Å². The summed E-state index contributed by atoms with van der Waals surface area (Å²) >= 11 is 0. The van der Waals surface area contributed by atoms with Crippen LogP contribution in [0, 0.1) is 0 Å². The molecule has 1 aliphatic rings. The van der Waals surface area contributed by atoms with Crippen molar-refractivity contribution < 1.29 is 14.3 Å². The van der Waals surface area contributed by atoms with E-state index in [2.05, 4.69) is 20.7 Å². The van der Waals surface area contributed by atoms with Crippen molar-refractivity contribution in [1.29, 1.82) is 0 Å². The van der Waals surface area contributed by atoms with Crippen molar-refractivity contribution in [2.24, 2.45) is 5.73 Å². The van der Waals surface area contributed by atoms with Gasteiger partial charge >= 0.3 is 6.09 Å². The van der Waals surface area contributed by atoms with Crippen molar-refractivity contribution in [3.05, 3.63) is 23.8 Å². The van der Waals surface area contributed by atoms with E-state index in [-0.39, 0.29) is 19.1 Å². The van der Waals surface area contributed by atoms with Crippen LogP contribution >= 0.6 is 0 Å². The SMILES string of the molecule is NC(=O)OCCNC(=O)c1cccc2c1NCCN2. The van der Waals surface area contributed by atoms with Crippen LogP contribution in [0.15, 0.2) is 18.2 Å². The van der Waals surface area contributed by atoms with Gasteiger partial charge in [-0.05, 0) is 12.1 Å². The molecule has 1 aliphatic heterocycles. The van der Waals surface area contributed by atoms with Crippen LogP contribution in [0.4, 0.5) is 16.2 Å². The number of hydrogen-bond donors (Lipinski definition) is 4. The van der Waals surface area contributed by atoms with E-state index in [4.69, 9.17) is 5.73 Å². The van der Waals surface area contributed by atoms with Gasteiger partial charge < -0.3 is 26.4 Å². The summed E-state index contributed by atoms with van der Waals surface area (Å²) in [6.45, 7) is 1.87. The molecule has 0 saturated heterocycles. The summed E-state index contributed by atoms with van der Waals surface area (Å²) in [5.74, 6) is -0.221. The zero-order chi connectivity index (χ0) is 13.7. The first-order valence-electron chi connectivity index (χ1n) is 5.99. The van der Waals surface area contributed by atoms with Gasteiger partial charge in [0.05, 0.1) is 23.5 Å². The van der Waals surface area contributed by atoms with E-state index >= 15 is 0 Å². The number of benzene rings is 1. The minimum atomic E-state index is -0.850. The molecule has 0 unspecified atom stereocenters. The van der Waals surface area contributed by atoms with E-state index in [9.17, 15) is 9.59 Å². The van der Waals surface area contributed by atoms with Gasteiger partial charge in [-0.3, -0.25) is 4.79 Å². The normalized spacial score (nSPS) is 12.6. The van der Waals surface area contributed by atoms with Gasteiger partial charge in [0.1, 0.15) is 6.61 Å². The Morgan fingerprint density at radius 2 is 2.11 bits per heavy atom. The van der Waals surface area contributed by atoms with Crippen LogP contribution in [-0.2, 0) is 4.74 Å². The summed E-state index contributed by atoms with van der Waals surface area (Å²) < 4.78 is 4.54. The molecule has 0 aromatic heterocycles. The number of carbonyl (C=O) groups is 2. The molecule has 2 rings (SSSR count). The maximum Gasteiger partial charge on any atom is 0.404 e. The fourth-order valence-electron chi connectivity index (χ4n) is 1.88. The van der Waals surface area contributed by atoms with Gasteiger partial charge in [0.25, 0.3) is 5.91 Å². The van der Waals surface area contributed by atoms with Crippen LogP contribution in [0.25, 0.3) is 0 Å².